The van der Waals surface area contributed by atoms with E-state index >= 15 is 0 Å². The molecule has 1 aromatic heterocycles. The van der Waals surface area contributed by atoms with Gasteiger partial charge in [0.25, 0.3) is 0 Å². The van der Waals surface area contributed by atoms with Crippen molar-refractivity contribution >= 4 is 5.91 Å². The van der Waals surface area contributed by atoms with Gasteiger partial charge in [-0.2, -0.15) is 18.2 Å². The fraction of sp³-hybridized carbons (Fsp3) is 0.714. The molecule has 1 heterocycles. The summed E-state index contributed by atoms with van der Waals surface area (Å²) in [5, 5.41) is 0. The lowest BCUT2D eigenvalue weighted by molar-refractivity contribution is -0.169. The first-order chi connectivity index (χ1) is 9.50. The molecule has 0 unspecified atom stereocenters. The van der Waals surface area contributed by atoms with Crippen molar-refractivity contribution in [3.63, 3.8) is 0 Å². The van der Waals surface area contributed by atoms with Crippen LogP contribution in [0, 0.1) is 5.92 Å². The van der Waals surface area contributed by atoms with Gasteiger partial charge in [0, 0.05) is 30.8 Å². The van der Waals surface area contributed by atoms with E-state index in [2.05, 4.69) is 4.99 Å². The summed E-state index contributed by atoms with van der Waals surface area (Å²) in [5.41, 5.74) is 0.684. The van der Waals surface area contributed by atoms with Gasteiger partial charge in [-0.1, -0.05) is 20.8 Å². The largest absolute Gasteiger partial charge is 0.473 e. The minimum Gasteiger partial charge on any atom is -0.291 e. The van der Waals surface area contributed by atoms with Crippen LogP contribution in [-0.4, -0.2) is 21.4 Å². The molecule has 1 saturated carbocycles. The van der Waals surface area contributed by atoms with Gasteiger partial charge in [-0.25, -0.2) is 0 Å². The zero-order chi connectivity index (χ0) is 16.0. The van der Waals surface area contributed by atoms with Gasteiger partial charge in [-0.15, -0.1) is 0 Å². The highest BCUT2D eigenvalue weighted by atomic mass is 19.4. The molecular formula is C14H20F3N3O. The standard InChI is InChI=1S/C14H20F3N3O/c1-13(2,3)10-7-11(18-12(21)14(15,16)17)20(19(10)4)8-9-5-6-9/h7,9H,5-6,8H2,1-4H3/b18-11-. The maximum Gasteiger partial charge on any atom is 0.473 e. The Balaban J connectivity index is 2.52. The van der Waals surface area contributed by atoms with Crippen LogP contribution < -0.4 is 5.49 Å². The van der Waals surface area contributed by atoms with Gasteiger partial charge in [-0.3, -0.25) is 14.2 Å². The molecule has 0 bridgehead atoms. The number of alkyl halides is 3. The van der Waals surface area contributed by atoms with Crippen molar-refractivity contribution in [2.24, 2.45) is 18.0 Å². The Hall–Kier alpha value is -1.53. The molecule has 0 saturated heterocycles. The van der Waals surface area contributed by atoms with Gasteiger partial charge in [0.2, 0.25) is 0 Å². The summed E-state index contributed by atoms with van der Waals surface area (Å²) in [6.07, 6.45) is -2.81. The van der Waals surface area contributed by atoms with Gasteiger partial charge in [0.1, 0.15) is 0 Å². The Morgan fingerprint density at radius 1 is 1.33 bits per heavy atom. The summed E-state index contributed by atoms with van der Waals surface area (Å²) in [6, 6.07) is 1.58. The van der Waals surface area contributed by atoms with Crippen LogP contribution in [0.5, 0.6) is 0 Å². The number of nitrogens with zero attached hydrogens (tertiary/aromatic N) is 3. The Morgan fingerprint density at radius 2 is 1.90 bits per heavy atom. The smallest absolute Gasteiger partial charge is 0.291 e. The van der Waals surface area contributed by atoms with Crippen molar-refractivity contribution in [1.82, 2.24) is 9.36 Å². The zero-order valence-electron chi connectivity index (χ0n) is 12.7. The predicted molar refractivity (Wildman–Crippen MR) is 71.5 cm³/mol. The summed E-state index contributed by atoms with van der Waals surface area (Å²) in [5.74, 6) is -1.59. The molecule has 1 aromatic rings. The lowest BCUT2D eigenvalue weighted by Gasteiger charge is -2.20. The molecule has 1 amide bonds. The van der Waals surface area contributed by atoms with Crippen molar-refractivity contribution < 1.29 is 18.0 Å². The highest BCUT2D eigenvalue weighted by Crippen LogP contribution is 2.30. The first-order valence-corrected chi connectivity index (χ1v) is 6.93. The number of amides is 1. The number of hydrogen-bond acceptors (Lipinski definition) is 1. The number of rotatable bonds is 2. The van der Waals surface area contributed by atoms with Gasteiger partial charge < -0.3 is 0 Å². The number of hydrogen-bond donors (Lipinski definition) is 0. The quantitative estimate of drug-likeness (QED) is 0.827. The van der Waals surface area contributed by atoms with E-state index in [1.807, 2.05) is 20.8 Å². The number of carbonyl (C=O) groups excluding carboxylic acids is 1. The molecule has 1 aliphatic carbocycles. The summed E-state index contributed by atoms with van der Waals surface area (Å²) in [6.45, 7) is 6.51. The van der Waals surface area contributed by atoms with E-state index in [9.17, 15) is 18.0 Å². The molecule has 0 radical (unpaired) electrons. The average Bonchev–Trinajstić information content (AvgIpc) is 3.06. The molecule has 21 heavy (non-hydrogen) atoms. The lowest BCUT2D eigenvalue weighted by Crippen LogP contribution is -2.29. The van der Waals surface area contributed by atoms with Crippen molar-refractivity contribution in [2.45, 2.75) is 51.7 Å². The molecule has 0 spiro atoms. The van der Waals surface area contributed by atoms with Crippen LogP contribution in [0.1, 0.15) is 39.3 Å². The molecule has 0 N–H and O–H groups in total. The van der Waals surface area contributed by atoms with E-state index in [1.54, 1.807) is 22.5 Å². The van der Waals surface area contributed by atoms with E-state index in [0.29, 0.717) is 12.5 Å². The van der Waals surface area contributed by atoms with Crippen LogP contribution in [0.25, 0.3) is 0 Å². The van der Waals surface area contributed by atoms with E-state index in [-0.39, 0.29) is 10.9 Å². The third kappa shape index (κ3) is 3.57. The van der Waals surface area contributed by atoms with E-state index in [1.165, 1.54) is 0 Å². The van der Waals surface area contributed by atoms with Crippen LogP contribution >= 0.6 is 0 Å². The Labute approximate surface area is 121 Å². The molecule has 4 nitrogen and oxygen atoms in total. The van der Waals surface area contributed by atoms with E-state index < -0.39 is 12.1 Å². The maximum absolute atomic E-state index is 12.4. The molecule has 118 valence electrons. The van der Waals surface area contributed by atoms with Crippen LogP contribution in [0.4, 0.5) is 13.2 Å². The Kier molecular flexibility index (Phi) is 3.80. The lowest BCUT2D eigenvalue weighted by atomic mass is 9.92. The monoisotopic (exact) mass is 303 g/mol. The first-order valence-electron chi connectivity index (χ1n) is 6.93. The highest BCUT2D eigenvalue weighted by molar-refractivity contribution is 5.82. The minimum atomic E-state index is -4.94. The third-order valence-corrected chi connectivity index (χ3v) is 3.60. The molecule has 1 aliphatic rings. The van der Waals surface area contributed by atoms with Crippen LogP contribution in [0.2, 0.25) is 0 Å². The van der Waals surface area contributed by atoms with Crippen molar-refractivity contribution in [1.29, 1.82) is 0 Å². The van der Waals surface area contributed by atoms with Crippen molar-refractivity contribution in [3.05, 3.63) is 17.2 Å². The van der Waals surface area contributed by atoms with Gasteiger partial charge >= 0.3 is 12.1 Å². The number of aromatic nitrogens is 2. The Morgan fingerprint density at radius 3 is 2.33 bits per heavy atom. The van der Waals surface area contributed by atoms with Gasteiger partial charge in [0.15, 0.2) is 5.49 Å². The SMILES string of the molecule is Cn1c(C(C)(C)C)c/c(=N/C(=O)C(F)(F)F)n1CC1CC1. The van der Waals surface area contributed by atoms with Crippen LogP contribution in [0.15, 0.2) is 11.1 Å². The third-order valence-electron chi connectivity index (χ3n) is 3.60. The van der Waals surface area contributed by atoms with Crippen molar-refractivity contribution in [3.8, 4) is 0 Å². The second-order valence-electron chi connectivity index (χ2n) is 6.60. The zero-order valence-corrected chi connectivity index (χ0v) is 12.7. The Bertz CT molecular complexity index is 613. The molecule has 1 fully saturated rings. The summed E-state index contributed by atoms with van der Waals surface area (Å²) in [4.78, 5) is 14.4. The molecule has 0 aliphatic heterocycles. The fourth-order valence-electron chi connectivity index (χ4n) is 2.29. The second-order valence-corrected chi connectivity index (χ2v) is 6.60. The van der Waals surface area contributed by atoms with Crippen molar-refractivity contribution in [2.75, 3.05) is 0 Å². The van der Waals surface area contributed by atoms with Crippen LogP contribution in [0.3, 0.4) is 0 Å². The maximum atomic E-state index is 12.4. The summed E-state index contributed by atoms with van der Waals surface area (Å²) in [7, 11) is 1.79. The fourth-order valence-corrected chi connectivity index (χ4v) is 2.29. The summed E-state index contributed by atoms with van der Waals surface area (Å²) >= 11 is 0. The van der Waals surface area contributed by atoms with Crippen LogP contribution in [-0.2, 0) is 23.8 Å². The topological polar surface area (TPSA) is 39.3 Å². The predicted octanol–water partition coefficient (Wildman–Crippen LogP) is 2.52. The molecule has 0 aromatic carbocycles. The average molecular weight is 303 g/mol. The number of halogens is 3. The first kappa shape index (κ1) is 15.9. The van der Waals surface area contributed by atoms with E-state index in [0.717, 1.165) is 18.5 Å². The molecule has 7 heteroatoms. The van der Waals surface area contributed by atoms with Gasteiger partial charge in [-0.05, 0) is 18.8 Å². The molecule has 0 atom stereocenters. The molecular weight excluding hydrogens is 283 g/mol. The number of carbonyl (C=O) groups is 1. The van der Waals surface area contributed by atoms with Gasteiger partial charge in [0.05, 0.1) is 0 Å². The molecule has 2 rings (SSSR count). The van der Waals surface area contributed by atoms with E-state index in [4.69, 9.17) is 0 Å². The second kappa shape index (κ2) is 5.03. The minimum absolute atomic E-state index is 0.0802. The highest BCUT2D eigenvalue weighted by Gasteiger charge is 2.39. The summed E-state index contributed by atoms with van der Waals surface area (Å²) < 4.78 is 40.7. The normalized spacial score (nSPS) is 17.4.